The predicted molar refractivity (Wildman–Crippen MR) is 74.3 cm³/mol. The van der Waals surface area contributed by atoms with E-state index in [2.05, 4.69) is 60.7 Å². The van der Waals surface area contributed by atoms with E-state index in [0.29, 0.717) is 0 Å². The quantitative estimate of drug-likeness (QED) is 0.846. The Hall–Kier alpha value is -1.86. The molecular weight excluding hydrogens is 220 g/mol. The second-order valence-corrected chi connectivity index (χ2v) is 4.72. The molecule has 2 aromatic carbocycles. The van der Waals surface area contributed by atoms with E-state index in [1.54, 1.807) is 0 Å². The third kappa shape index (κ3) is 1.87. The zero-order valence-corrected chi connectivity index (χ0v) is 10.2. The third-order valence-electron chi connectivity index (χ3n) is 3.65. The van der Waals surface area contributed by atoms with Crippen molar-refractivity contribution in [2.45, 2.75) is 5.92 Å². The van der Waals surface area contributed by atoms with E-state index in [-0.39, 0.29) is 18.4 Å². The summed E-state index contributed by atoms with van der Waals surface area (Å²) in [5.41, 5.74) is 3.84. The van der Waals surface area contributed by atoms with Crippen molar-refractivity contribution < 1.29 is 5.11 Å². The first kappa shape index (κ1) is 11.2. The van der Waals surface area contributed by atoms with Gasteiger partial charge in [0.05, 0.1) is 6.61 Å². The lowest BCUT2D eigenvalue weighted by Crippen LogP contribution is -2.19. The van der Waals surface area contributed by atoms with Crippen molar-refractivity contribution >= 4 is 6.08 Å². The van der Waals surface area contributed by atoms with Crippen molar-refractivity contribution in [3.05, 3.63) is 77.4 Å². The van der Waals surface area contributed by atoms with E-state index >= 15 is 0 Å². The lowest BCUT2D eigenvalue weighted by atomic mass is 9.76. The monoisotopic (exact) mass is 236 g/mol. The van der Waals surface area contributed by atoms with Gasteiger partial charge >= 0.3 is 0 Å². The molecule has 0 bridgehead atoms. The Morgan fingerprint density at radius 3 is 2.39 bits per heavy atom. The minimum absolute atomic E-state index is 0.169. The molecule has 0 aromatic heterocycles. The molecule has 1 N–H and O–H groups in total. The van der Waals surface area contributed by atoms with Gasteiger partial charge in [-0.1, -0.05) is 66.7 Å². The van der Waals surface area contributed by atoms with Crippen LogP contribution in [0, 0.1) is 5.92 Å². The molecule has 1 aliphatic carbocycles. The second-order valence-electron chi connectivity index (χ2n) is 4.72. The zero-order chi connectivity index (χ0) is 12.4. The number of benzene rings is 2. The number of hydrogen-bond donors (Lipinski definition) is 1. The van der Waals surface area contributed by atoms with Crippen molar-refractivity contribution in [1.82, 2.24) is 0 Å². The molecule has 1 aliphatic rings. The summed E-state index contributed by atoms with van der Waals surface area (Å²) in [4.78, 5) is 0. The molecule has 0 amide bonds. The van der Waals surface area contributed by atoms with E-state index in [1.807, 2.05) is 6.07 Å². The van der Waals surface area contributed by atoms with Gasteiger partial charge in [0.1, 0.15) is 0 Å². The van der Waals surface area contributed by atoms with Crippen LogP contribution in [-0.2, 0) is 0 Å². The highest BCUT2D eigenvalue weighted by Gasteiger charge is 2.26. The van der Waals surface area contributed by atoms with Gasteiger partial charge in [0.2, 0.25) is 0 Å². The maximum Gasteiger partial charge on any atom is 0.0503 e. The largest absolute Gasteiger partial charge is 0.396 e. The van der Waals surface area contributed by atoms with Crippen LogP contribution < -0.4 is 0 Å². The first-order valence-electron chi connectivity index (χ1n) is 6.33. The smallest absolute Gasteiger partial charge is 0.0503 e. The summed E-state index contributed by atoms with van der Waals surface area (Å²) in [6.07, 6.45) is 4.25. The highest BCUT2D eigenvalue weighted by atomic mass is 16.3. The fraction of sp³-hybridized carbons (Fsp3) is 0.176. The average Bonchev–Trinajstić information content (AvgIpc) is 2.47. The Bertz CT molecular complexity index is 557. The van der Waals surface area contributed by atoms with Crippen LogP contribution in [0.1, 0.15) is 22.6 Å². The van der Waals surface area contributed by atoms with Gasteiger partial charge < -0.3 is 5.11 Å². The number of rotatable bonds is 2. The van der Waals surface area contributed by atoms with Gasteiger partial charge in [0.15, 0.2) is 0 Å². The van der Waals surface area contributed by atoms with Crippen LogP contribution in [0.5, 0.6) is 0 Å². The highest BCUT2D eigenvalue weighted by molar-refractivity contribution is 5.60. The number of hydrogen-bond acceptors (Lipinski definition) is 1. The molecule has 2 atom stereocenters. The van der Waals surface area contributed by atoms with Gasteiger partial charge in [0, 0.05) is 11.8 Å². The normalized spacial score (nSPS) is 21.6. The van der Waals surface area contributed by atoms with E-state index in [4.69, 9.17) is 0 Å². The lowest BCUT2D eigenvalue weighted by Gasteiger charge is -2.29. The van der Waals surface area contributed by atoms with Crippen LogP contribution in [0.4, 0.5) is 0 Å². The van der Waals surface area contributed by atoms with Crippen LogP contribution in [0.3, 0.4) is 0 Å². The van der Waals surface area contributed by atoms with E-state index in [1.165, 1.54) is 16.7 Å². The molecule has 0 heterocycles. The van der Waals surface area contributed by atoms with Gasteiger partial charge in [-0.3, -0.25) is 0 Å². The molecule has 0 saturated carbocycles. The number of aliphatic hydroxyl groups excluding tert-OH is 1. The SMILES string of the molecule is OC[C@@H]1C=Cc2ccccc2[C@H]1c1ccccc1. The van der Waals surface area contributed by atoms with Gasteiger partial charge in [-0.2, -0.15) is 0 Å². The van der Waals surface area contributed by atoms with Crippen LogP contribution >= 0.6 is 0 Å². The molecule has 1 nitrogen and oxygen atoms in total. The van der Waals surface area contributed by atoms with Gasteiger partial charge in [-0.15, -0.1) is 0 Å². The summed E-state index contributed by atoms with van der Waals surface area (Å²) in [7, 11) is 0. The highest BCUT2D eigenvalue weighted by Crippen LogP contribution is 2.38. The molecule has 18 heavy (non-hydrogen) atoms. The maximum atomic E-state index is 9.60. The Labute approximate surface area is 107 Å². The van der Waals surface area contributed by atoms with Gasteiger partial charge in [-0.25, -0.2) is 0 Å². The van der Waals surface area contributed by atoms with Crippen molar-refractivity contribution in [3.63, 3.8) is 0 Å². The number of aliphatic hydroxyl groups is 1. The molecule has 3 rings (SSSR count). The molecule has 0 saturated heterocycles. The first-order chi connectivity index (χ1) is 8.90. The Morgan fingerprint density at radius 2 is 1.61 bits per heavy atom. The Morgan fingerprint density at radius 1 is 0.889 bits per heavy atom. The van der Waals surface area contributed by atoms with Crippen LogP contribution in [0.2, 0.25) is 0 Å². The Balaban J connectivity index is 2.12. The van der Waals surface area contributed by atoms with Crippen LogP contribution in [-0.4, -0.2) is 11.7 Å². The molecule has 90 valence electrons. The maximum absolute atomic E-state index is 9.60. The van der Waals surface area contributed by atoms with E-state index in [0.717, 1.165) is 0 Å². The van der Waals surface area contributed by atoms with Crippen molar-refractivity contribution in [3.8, 4) is 0 Å². The van der Waals surface area contributed by atoms with Crippen molar-refractivity contribution in [2.24, 2.45) is 5.92 Å². The van der Waals surface area contributed by atoms with Gasteiger partial charge in [0.25, 0.3) is 0 Å². The second kappa shape index (κ2) is 4.79. The topological polar surface area (TPSA) is 20.2 Å². The van der Waals surface area contributed by atoms with E-state index in [9.17, 15) is 5.11 Å². The Kier molecular flexibility index (Phi) is 2.99. The van der Waals surface area contributed by atoms with Crippen LogP contribution in [0.25, 0.3) is 6.08 Å². The fourth-order valence-corrected chi connectivity index (χ4v) is 2.77. The van der Waals surface area contributed by atoms with Gasteiger partial charge in [-0.05, 0) is 16.7 Å². The molecule has 0 aliphatic heterocycles. The zero-order valence-electron chi connectivity index (χ0n) is 10.2. The standard InChI is InChI=1S/C17H16O/c18-12-15-11-10-13-6-4-5-9-16(13)17(15)14-7-2-1-3-8-14/h1-11,15,17-18H,12H2/t15-,17-/m0/s1. The summed E-state index contributed by atoms with van der Waals surface area (Å²) in [6.45, 7) is 0.185. The molecule has 2 aromatic rings. The molecule has 0 fully saturated rings. The summed E-state index contributed by atoms with van der Waals surface area (Å²) < 4.78 is 0. The first-order valence-corrected chi connectivity index (χ1v) is 6.33. The molecular formula is C17H16O. The third-order valence-corrected chi connectivity index (χ3v) is 3.65. The van der Waals surface area contributed by atoms with Crippen LogP contribution in [0.15, 0.2) is 60.7 Å². The predicted octanol–water partition coefficient (Wildman–Crippen LogP) is 3.45. The fourth-order valence-electron chi connectivity index (χ4n) is 2.77. The number of fused-ring (bicyclic) bond motifs is 1. The summed E-state index contributed by atoms with van der Waals surface area (Å²) in [6, 6.07) is 18.9. The molecule has 0 radical (unpaired) electrons. The molecule has 1 heteroatoms. The molecule has 0 spiro atoms. The summed E-state index contributed by atoms with van der Waals surface area (Å²) in [5.74, 6) is 0.430. The minimum Gasteiger partial charge on any atom is -0.396 e. The minimum atomic E-state index is 0.169. The molecule has 0 unspecified atom stereocenters. The van der Waals surface area contributed by atoms with E-state index < -0.39 is 0 Å². The van der Waals surface area contributed by atoms with Crippen molar-refractivity contribution in [2.75, 3.05) is 6.61 Å². The summed E-state index contributed by atoms with van der Waals surface area (Å²) >= 11 is 0. The van der Waals surface area contributed by atoms with Crippen molar-refractivity contribution in [1.29, 1.82) is 0 Å². The average molecular weight is 236 g/mol. The lowest BCUT2D eigenvalue weighted by molar-refractivity contribution is 0.241. The summed E-state index contributed by atoms with van der Waals surface area (Å²) in [5, 5.41) is 9.60.